The Morgan fingerprint density at radius 2 is 1.97 bits per heavy atom. The molecule has 1 N–H and O–H groups in total. The van der Waals surface area contributed by atoms with Gasteiger partial charge in [0.05, 0.1) is 23.3 Å². The lowest BCUT2D eigenvalue weighted by atomic mass is 10.1. The minimum Gasteiger partial charge on any atom is -0.497 e. The third-order valence-electron chi connectivity index (χ3n) is 4.56. The van der Waals surface area contributed by atoms with E-state index in [4.69, 9.17) is 17.0 Å². The summed E-state index contributed by atoms with van der Waals surface area (Å²) in [5.74, 6) is -0.183. The molecular weight excluding hydrogens is 461 g/mol. The summed E-state index contributed by atoms with van der Waals surface area (Å²) in [5.41, 5.74) is -0.419. The van der Waals surface area contributed by atoms with Gasteiger partial charge in [0, 0.05) is 13.0 Å². The van der Waals surface area contributed by atoms with E-state index in [0.29, 0.717) is 15.0 Å². The van der Waals surface area contributed by atoms with Crippen molar-refractivity contribution in [2.24, 2.45) is 0 Å². The number of thioether (sulfide) groups is 1. The van der Waals surface area contributed by atoms with Gasteiger partial charge < -0.3 is 10.1 Å². The van der Waals surface area contributed by atoms with Crippen LogP contribution in [-0.4, -0.2) is 34.7 Å². The Balaban J connectivity index is 1.57. The van der Waals surface area contributed by atoms with Crippen molar-refractivity contribution >= 4 is 51.9 Å². The fourth-order valence-corrected chi connectivity index (χ4v) is 4.33. The molecule has 0 atom stereocenters. The quantitative estimate of drug-likeness (QED) is 0.429. The molecule has 1 aliphatic heterocycles. The first-order chi connectivity index (χ1) is 15.2. The maximum absolute atomic E-state index is 13.1. The molecule has 0 spiro atoms. The Bertz CT molecular complexity index is 1070. The van der Waals surface area contributed by atoms with E-state index in [0.717, 1.165) is 23.4 Å². The number of rotatable bonds is 7. The van der Waals surface area contributed by atoms with Gasteiger partial charge in [-0.3, -0.25) is 14.5 Å². The summed E-state index contributed by atoms with van der Waals surface area (Å²) in [5, 5.41) is 2.29. The highest BCUT2D eigenvalue weighted by atomic mass is 32.2. The normalized spacial score (nSPS) is 15.4. The number of anilines is 1. The maximum Gasteiger partial charge on any atom is 0.418 e. The topological polar surface area (TPSA) is 58.6 Å². The Kier molecular flexibility index (Phi) is 7.57. The van der Waals surface area contributed by atoms with E-state index in [1.165, 1.54) is 23.1 Å². The fraction of sp³-hybridized carbons (Fsp3) is 0.227. The molecule has 0 radical (unpaired) electrons. The Morgan fingerprint density at radius 3 is 2.69 bits per heavy atom. The summed E-state index contributed by atoms with van der Waals surface area (Å²) in [4.78, 5) is 26.7. The molecule has 3 rings (SSSR count). The highest BCUT2D eigenvalue weighted by molar-refractivity contribution is 8.26. The van der Waals surface area contributed by atoms with E-state index in [-0.39, 0.29) is 31.0 Å². The number of thiocarbonyl (C=S) groups is 1. The first-order valence-corrected chi connectivity index (χ1v) is 10.8. The Labute approximate surface area is 192 Å². The first-order valence-electron chi connectivity index (χ1n) is 9.54. The molecule has 0 unspecified atom stereocenters. The zero-order valence-electron chi connectivity index (χ0n) is 16.9. The summed E-state index contributed by atoms with van der Waals surface area (Å²) in [7, 11) is 1.55. The second-order valence-corrected chi connectivity index (χ2v) is 8.48. The molecule has 1 aliphatic rings. The fourth-order valence-electron chi connectivity index (χ4n) is 3.03. The number of carbonyl (C=O) groups is 2. The lowest BCUT2D eigenvalue weighted by Crippen LogP contribution is -2.29. The van der Waals surface area contributed by atoms with Gasteiger partial charge in [-0.2, -0.15) is 13.2 Å². The van der Waals surface area contributed by atoms with Gasteiger partial charge in [0.1, 0.15) is 10.1 Å². The average molecular weight is 481 g/mol. The molecule has 0 bridgehead atoms. The molecule has 1 heterocycles. The molecule has 32 heavy (non-hydrogen) atoms. The van der Waals surface area contributed by atoms with Crippen LogP contribution < -0.4 is 10.1 Å². The van der Waals surface area contributed by atoms with Crippen molar-refractivity contribution < 1.29 is 27.5 Å². The summed E-state index contributed by atoms with van der Waals surface area (Å²) >= 11 is 6.44. The number of methoxy groups -OCH3 is 1. The van der Waals surface area contributed by atoms with Crippen molar-refractivity contribution in [3.63, 3.8) is 0 Å². The third kappa shape index (κ3) is 5.89. The van der Waals surface area contributed by atoms with Crippen LogP contribution in [0.2, 0.25) is 0 Å². The van der Waals surface area contributed by atoms with E-state index in [1.807, 2.05) is 6.07 Å². The van der Waals surface area contributed by atoms with E-state index in [9.17, 15) is 22.8 Å². The monoisotopic (exact) mass is 480 g/mol. The minimum atomic E-state index is -4.57. The van der Waals surface area contributed by atoms with Crippen LogP contribution in [0.25, 0.3) is 6.08 Å². The molecular formula is C22H19F3N2O3S2. The number of halogens is 3. The van der Waals surface area contributed by atoms with Crippen LogP contribution in [-0.2, 0) is 15.8 Å². The van der Waals surface area contributed by atoms with Gasteiger partial charge in [0.15, 0.2) is 0 Å². The molecule has 0 saturated carbocycles. The molecule has 2 amide bonds. The predicted octanol–water partition coefficient (Wildman–Crippen LogP) is 5.33. The minimum absolute atomic E-state index is 0.0574. The van der Waals surface area contributed by atoms with Crippen LogP contribution >= 0.6 is 24.0 Å². The number of nitrogens with one attached hydrogen (secondary N) is 1. The Morgan fingerprint density at radius 1 is 1.22 bits per heavy atom. The van der Waals surface area contributed by atoms with Gasteiger partial charge in [-0.05, 0) is 42.3 Å². The number of benzene rings is 2. The molecule has 0 aromatic heterocycles. The molecule has 2 aromatic rings. The van der Waals surface area contributed by atoms with Gasteiger partial charge in [0.25, 0.3) is 5.91 Å². The van der Waals surface area contributed by atoms with Gasteiger partial charge in [-0.25, -0.2) is 0 Å². The molecule has 10 heteroatoms. The largest absolute Gasteiger partial charge is 0.497 e. The zero-order chi connectivity index (χ0) is 23.3. The standard InChI is InChI=1S/C22H19F3N2O3S2/c1-30-15-7-4-6-14(12-15)13-18-20(29)27(21(31)32-18)11-5-10-19(28)26-17-9-3-2-8-16(17)22(23,24)25/h2-4,6-9,12-13H,5,10-11H2,1H3,(H,26,28). The molecule has 1 saturated heterocycles. The van der Waals surface area contributed by atoms with Crippen molar-refractivity contribution in [2.75, 3.05) is 19.0 Å². The van der Waals surface area contributed by atoms with Gasteiger partial charge >= 0.3 is 6.18 Å². The molecule has 5 nitrogen and oxygen atoms in total. The second kappa shape index (κ2) is 10.2. The Hall–Kier alpha value is -2.85. The number of para-hydroxylation sites is 1. The SMILES string of the molecule is COc1cccc(C=C2SC(=S)N(CCCC(=O)Nc3ccccc3C(F)(F)F)C2=O)c1. The van der Waals surface area contributed by atoms with Crippen LogP contribution in [0, 0.1) is 0 Å². The molecule has 0 aliphatic carbocycles. The van der Waals surface area contributed by atoms with Crippen LogP contribution in [0.15, 0.2) is 53.4 Å². The number of amides is 2. The maximum atomic E-state index is 13.1. The van der Waals surface area contributed by atoms with E-state index >= 15 is 0 Å². The summed E-state index contributed by atoms with van der Waals surface area (Å²) in [6.45, 7) is 0.189. The number of alkyl halides is 3. The summed E-state index contributed by atoms with van der Waals surface area (Å²) in [6.07, 6.45) is -2.67. The van der Waals surface area contributed by atoms with Crippen molar-refractivity contribution in [3.8, 4) is 5.75 Å². The number of ether oxygens (including phenoxy) is 1. The van der Waals surface area contributed by atoms with Crippen molar-refractivity contribution in [1.29, 1.82) is 0 Å². The molecule has 168 valence electrons. The smallest absolute Gasteiger partial charge is 0.418 e. The second-order valence-electron chi connectivity index (χ2n) is 6.81. The van der Waals surface area contributed by atoms with Gasteiger partial charge in [-0.1, -0.05) is 48.2 Å². The zero-order valence-corrected chi connectivity index (χ0v) is 18.6. The highest BCUT2D eigenvalue weighted by Crippen LogP contribution is 2.35. The lowest BCUT2D eigenvalue weighted by molar-refractivity contribution is -0.137. The average Bonchev–Trinajstić information content (AvgIpc) is 3.01. The van der Waals surface area contributed by atoms with Crippen LogP contribution in [0.4, 0.5) is 18.9 Å². The van der Waals surface area contributed by atoms with Crippen LogP contribution in [0.1, 0.15) is 24.0 Å². The van der Waals surface area contributed by atoms with Gasteiger partial charge in [-0.15, -0.1) is 0 Å². The van der Waals surface area contributed by atoms with E-state index in [1.54, 1.807) is 31.4 Å². The van der Waals surface area contributed by atoms with Gasteiger partial charge in [0.2, 0.25) is 5.91 Å². The van der Waals surface area contributed by atoms with Crippen molar-refractivity contribution in [3.05, 3.63) is 64.6 Å². The van der Waals surface area contributed by atoms with E-state index < -0.39 is 17.6 Å². The van der Waals surface area contributed by atoms with E-state index in [2.05, 4.69) is 5.32 Å². The first kappa shape index (κ1) is 23.8. The third-order valence-corrected chi connectivity index (χ3v) is 5.94. The van der Waals surface area contributed by atoms with Crippen LogP contribution in [0.3, 0.4) is 0 Å². The lowest BCUT2D eigenvalue weighted by Gasteiger charge is -2.15. The molecule has 1 fully saturated rings. The summed E-state index contributed by atoms with van der Waals surface area (Å²) in [6, 6.07) is 12.0. The van der Waals surface area contributed by atoms with Crippen molar-refractivity contribution in [1.82, 2.24) is 4.90 Å². The predicted molar refractivity (Wildman–Crippen MR) is 122 cm³/mol. The van der Waals surface area contributed by atoms with Crippen LogP contribution in [0.5, 0.6) is 5.75 Å². The number of hydrogen-bond acceptors (Lipinski definition) is 5. The van der Waals surface area contributed by atoms with Crippen molar-refractivity contribution in [2.45, 2.75) is 19.0 Å². The molecule has 2 aromatic carbocycles. The highest BCUT2D eigenvalue weighted by Gasteiger charge is 2.34. The number of hydrogen-bond donors (Lipinski definition) is 1. The number of nitrogens with zero attached hydrogens (tertiary/aromatic N) is 1. The summed E-state index contributed by atoms with van der Waals surface area (Å²) < 4.78 is 44.7. The number of carbonyl (C=O) groups excluding carboxylic acids is 2.